The maximum atomic E-state index is 6.43. The Bertz CT molecular complexity index is 1050. The third-order valence-corrected chi connectivity index (χ3v) is 6.28. The van der Waals surface area contributed by atoms with Gasteiger partial charge in [-0.3, -0.25) is 4.90 Å². The molecule has 33 heavy (non-hydrogen) atoms. The Labute approximate surface area is 194 Å². The van der Waals surface area contributed by atoms with Crippen molar-refractivity contribution < 1.29 is 18.7 Å². The Morgan fingerprint density at radius 3 is 2.82 bits per heavy atom. The molecule has 0 amide bonds. The van der Waals surface area contributed by atoms with Crippen LogP contribution < -0.4 is 9.47 Å². The van der Waals surface area contributed by atoms with Gasteiger partial charge in [-0.2, -0.15) is 4.98 Å². The molecule has 174 valence electrons. The van der Waals surface area contributed by atoms with E-state index in [-0.39, 0.29) is 6.10 Å². The highest BCUT2D eigenvalue weighted by Crippen LogP contribution is 2.33. The minimum absolute atomic E-state index is 0.124. The minimum Gasteiger partial charge on any atom is -0.494 e. The maximum Gasteiger partial charge on any atom is 0.261 e. The molecular formula is C26H31N3O4. The first-order valence-corrected chi connectivity index (χ1v) is 11.9. The van der Waals surface area contributed by atoms with Gasteiger partial charge in [-0.25, -0.2) is 0 Å². The van der Waals surface area contributed by atoms with Gasteiger partial charge in [-0.1, -0.05) is 29.4 Å². The summed E-state index contributed by atoms with van der Waals surface area (Å²) in [6.45, 7) is 6.96. The first kappa shape index (κ1) is 21.9. The number of rotatable bonds is 8. The first-order valence-electron chi connectivity index (χ1n) is 11.9. The summed E-state index contributed by atoms with van der Waals surface area (Å²) in [6, 6.07) is 16.3. The van der Waals surface area contributed by atoms with E-state index in [0.717, 1.165) is 75.0 Å². The molecule has 5 rings (SSSR count). The van der Waals surface area contributed by atoms with Crippen LogP contribution >= 0.6 is 0 Å². The van der Waals surface area contributed by atoms with Crippen LogP contribution in [0.25, 0.3) is 11.5 Å². The molecule has 0 aliphatic carbocycles. The third-order valence-electron chi connectivity index (χ3n) is 6.28. The molecule has 0 saturated carbocycles. The molecule has 0 unspecified atom stereocenters. The highest BCUT2D eigenvalue weighted by molar-refractivity contribution is 5.62. The van der Waals surface area contributed by atoms with Crippen LogP contribution in [0.4, 0.5) is 0 Å². The van der Waals surface area contributed by atoms with E-state index >= 15 is 0 Å². The Morgan fingerprint density at radius 1 is 1.06 bits per heavy atom. The third kappa shape index (κ3) is 5.37. The molecular weight excluding hydrogens is 418 g/mol. The van der Waals surface area contributed by atoms with Crippen LogP contribution in [0.5, 0.6) is 11.5 Å². The lowest BCUT2D eigenvalue weighted by atomic mass is 10.00. The van der Waals surface area contributed by atoms with E-state index in [4.69, 9.17) is 23.7 Å². The molecule has 7 nitrogen and oxygen atoms in total. The normalized spacial score (nSPS) is 19.6. The average Bonchev–Trinajstić information content (AvgIpc) is 3.51. The van der Waals surface area contributed by atoms with Crippen molar-refractivity contribution in [1.29, 1.82) is 0 Å². The molecule has 1 atom stereocenters. The summed E-state index contributed by atoms with van der Waals surface area (Å²) in [4.78, 5) is 7.12. The van der Waals surface area contributed by atoms with Crippen molar-refractivity contribution in [3.8, 4) is 23.0 Å². The van der Waals surface area contributed by atoms with Gasteiger partial charge in [0.15, 0.2) is 5.82 Å². The van der Waals surface area contributed by atoms with E-state index in [0.29, 0.717) is 18.4 Å². The van der Waals surface area contributed by atoms with Gasteiger partial charge in [0.25, 0.3) is 5.89 Å². The Hall–Kier alpha value is -2.90. The van der Waals surface area contributed by atoms with Crippen LogP contribution in [0, 0.1) is 0 Å². The van der Waals surface area contributed by atoms with Gasteiger partial charge in [-0.15, -0.1) is 0 Å². The molecule has 0 spiro atoms. The monoisotopic (exact) mass is 449 g/mol. The van der Waals surface area contributed by atoms with Crippen molar-refractivity contribution in [3.63, 3.8) is 0 Å². The van der Waals surface area contributed by atoms with Crippen molar-refractivity contribution in [2.75, 3.05) is 32.9 Å². The number of benzene rings is 2. The molecule has 2 aromatic carbocycles. The molecule has 3 heterocycles. The second kappa shape index (κ2) is 10.4. The van der Waals surface area contributed by atoms with Crippen LogP contribution in [0.2, 0.25) is 0 Å². The zero-order valence-corrected chi connectivity index (χ0v) is 19.1. The smallest absolute Gasteiger partial charge is 0.261 e. The second-order valence-corrected chi connectivity index (χ2v) is 8.68. The molecule has 0 bridgehead atoms. The Balaban J connectivity index is 1.23. The van der Waals surface area contributed by atoms with Crippen LogP contribution in [-0.2, 0) is 11.3 Å². The number of ether oxygens (including phenoxy) is 3. The van der Waals surface area contributed by atoms with E-state index in [1.165, 1.54) is 5.56 Å². The van der Waals surface area contributed by atoms with Crippen molar-refractivity contribution in [2.45, 2.75) is 44.8 Å². The lowest BCUT2D eigenvalue weighted by molar-refractivity contribution is 0.0830. The molecule has 2 saturated heterocycles. The lowest BCUT2D eigenvalue weighted by Crippen LogP contribution is -2.24. The van der Waals surface area contributed by atoms with E-state index in [2.05, 4.69) is 28.3 Å². The van der Waals surface area contributed by atoms with Crippen LogP contribution in [0.1, 0.15) is 43.5 Å². The largest absolute Gasteiger partial charge is 0.494 e. The van der Waals surface area contributed by atoms with Crippen LogP contribution in [-0.4, -0.2) is 54.1 Å². The fourth-order valence-electron chi connectivity index (χ4n) is 4.59. The Morgan fingerprint density at radius 2 is 1.94 bits per heavy atom. The summed E-state index contributed by atoms with van der Waals surface area (Å²) < 4.78 is 23.2. The SMILES string of the molecule is CCOc1cccc(CN2CC[C@H](Oc3ccccc3-c3nc(C4CCOCC4)no3)C2)c1. The van der Waals surface area contributed by atoms with Gasteiger partial charge in [0.1, 0.15) is 17.6 Å². The fraction of sp³-hybridized carbons (Fsp3) is 0.462. The summed E-state index contributed by atoms with van der Waals surface area (Å²) in [5.74, 6) is 3.31. The number of nitrogens with zero attached hydrogens (tertiary/aromatic N) is 3. The van der Waals surface area contributed by atoms with Gasteiger partial charge in [0.2, 0.25) is 0 Å². The van der Waals surface area contributed by atoms with E-state index in [9.17, 15) is 0 Å². The fourth-order valence-corrected chi connectivity index (χ4v) is 4.59. The standard InChI is InChI=1S/C26H31N3O4/c1-2-31-21-7-5-6-19(16-21)17-29-13-10-22(18-29)32-24-9-4-3-8-23(24)26-27-25(28-33-26)20-11-14-30-15-12-20/h3-9,16,20,22H,2,10-15,17-18H2,1H3/t22-/m0/s1. The lowest BCUT2D eigenvalue weighted by Gasteiger charge is -2.18. The highest BCUT2D eigenvalue weighted by Gasteiger charge is 2.27. The predicted octanol–water partition coefficient (Wildman–Crippen LogP) is 4.68. The molecule has 3 aromatic rings. The molecule has 7 heteroatoms. The van der Waals surface area contributed by atoms with Crippen LogP contribution in [0.15, 0.2) is 53.1 Å². The Kier molecular flexibility index (Phi) is 6.88. The molecule has 2 aliphatic heterocycles. The zero-order valence-electron chi connectivity index (χ0n) is 19.1. The van der Waals surface area contributed by atoms with E-state index < -0.39 is 0 Å². The zero-order chi connectivity index (χ0) is 22.5. The van der Waals surface area contributed by atoms with E-state index in [1.54, 1.807) is 0 Å². The molecule has 0 N–H and O–H groups in total. The van der Waals surface area contributed by atoms with Gasteiger partial charge in [-0.05, 0) is 56.0 Å². The average molecular weight is 450 g/mol. The van der Waals surface area contributed by atoms with Crippen molar-refractivity contribution >= 4 is 0 Å². The summed E-state index contributed by atoms with van der Waals surface area (Å²) >= 11 is 0. The number of para-hydroxylation sites is 1. The van der Waals surface area contributed by atoms with Crippen molar-refractivity contribution in [1.82, 2.24) is 15.0 Å². The maximum absolute atomic E-state index is 6.43. The molecule has 2 aliphatic rings. The topological polar surface area (TPSA) is 69.9 Å². The van der Waals surface area contributed by atoms with Gasteiger partial charge in [0.05, 0.1) is 12.2 Å². The van der Waals surface area contributed by atoms with Crippen molar-refractivity contribution in [2.24, 2.45) is 0 Å². The molecule has 2 fully saturated rings. The number of hydrogen-bond donors (Lipinski definition) is 0. The van der Waals surface area contributed by atoms with Gasteiger partial charge < -0.3 is 18.7 Å². The van der Waals surface area contributed by atoms with Crippen molar-refractivity contribution in [3.05, 3.63) is 59.9 Å². The van der Waals surface area contributed by atoms with E-state index in [1.807, 2.05) is 37.3 Å². The first-order chi connectivity index (χ1) is 16.3. The summed E-state index contributed by atoms with van der Waals surface area (Å²) in [5, 5.41) is 4.25. The molecule has 1 aromatic heterocycles. The quantitative estimate of drug-likeness (QED) is 0.494. The van der Waals surface area contributed by atoms with Gasteiger partial charge >= 0.3 is 0 Å². The number of likely N-dealkylation sites (tertiary alicyclic amines) is 1. The second-order valence-electron chi connectivity index (χ2n) is 8.68. The summed E-state index contributed by atoms with van der Waals surface area (Å²) in [5.41, 5.74) is 2.11. The number of hydrogen-bond acceptors (Lipinski definition) is 7. The number of aromatic nitrogens is 2. The minimum atomic E-state index is 0.124. The van der Waals surface area contributed by atoms with Crippen LogP contribution in [0.3, 0.4) is 0 Å². The summed E-state index contributed by atoms with van der Waals surface area (Å²) in [7, 11) is 0. The summed E-state index contributed by atoms with van der Waals surface area (Å²) in [6.07, 6.45) is 2.97. The highest BCUT2D eigenvalue weighted by atomic mass is 16.5. The molecule has 0 radical (unpaired) electrons. The predicted molar refractivity (Wildman–Crippen MR) is 124 cm³/mol. The van der Waals surface area contributed by atoms with Gasteiger partial charge in [0, 0.05) is 38.8 Å².